The molecule has 2 unspecified atom stereocenters. The first-order valence-electron chi connectivity index (χ1n) is 7.51. The molecule has 1 aliphatic rings. The van der Waals surface area contributed by atoms with Crippen LogP contribution in [0.1, 0.15) is 43.0 Å². The molecule has 0 heterocycles. The quantitative estimate of drug-likeness (QED) is 0.643. The summed E-state index contributed by atoms with van der Waals surface area (Å²) in [7, 11) is 0. The van der Waals surface area contributed by atoms with Crippen LogP contribution in [0.3, 0.4) is 0 Å². The molecule has 0 bridgehead atoms. The highest BCUT2D eigenvalue weighted by Gasteiger charge is 2.24. The summed E-state index contributed by atoms with van der Waals surface area (Å²) in [5, 5.41) is 4.18. The normalized spacial score (nSPS) is 21.8. The van der Waals surface area contributed by atoms with Crippen LogP contribution in [0, 0.1) is 0 Å². The lowest BCUT2D eigenvalue weighted by Crippen LogP contribution is -2.34. The minimum atomic E-state index is -0.324. The minimum Gasteiger partial charge on any atom is -0.462 e. The molecule has 1 aliphatic carbocycles. The Morgan fingerprint density at radius 3 is 2.86 bits per heavy atom. The van der Waals surface area contributed by atoms with Crippen LogP contribution in [-0.2, 0) is 4.74 Å². The van der Waals surface area contributed by atoms with Gasteiger partial charge in [0.2, 0.25) is 0 Å². The summed E-state index contributed by atoms with van der Waals surface area (Å²) in [5.41, 5.74) is 8.10. The molecule has 0 radical (unpaired) electrons. The van der Waals surface area contributed by atoms with E-state index >= 15 is 0 Å². The highest BCUT2D eigenvalue weighted by molar-refractivity contribution is 7.99. The van der Waals surface area contributed by atoms with E-state index in [2.05, 4.69) is 11.6 Å². The summed E-state index contributed by atoms with van der Waals surface area (Å²) in [6.45, 7) is 2.17. The van der Waals surface area contributed by atoms with Gasteiger partial charge >= 0.3 is 5.97 Å². The molecule has 0 aliphatic heterocycles. The SMILES string of the molecule is CCOC(=O)c1ccc(NC2CCCCC2SC)c(N)c1. The molecule has 2 rings (SSSR count). The zero-order valence-electron chi connectivity index (χ0n) is 12.7. The van der Waals surface area contributed by atoms with Crippen LogP contribution in [0.5, 0.6) is 0 Å². The molecular formula is C16H24N2O2S. The predicted octanol–water partition coefficient (Wildman–Crippen LogP) is 3.53. The zero-order valence-corrected chi connectivity index (χ0v) is 13.5. The Morgan fingerprint density at radius 2 is 2.19 bits per heavy atom. The topological polar surface area (TPSA) is 64.3 Å². The maximum atomic E-state index is 11.7. The second-order valence-electron chi connectivity index (χ2n) is 5.33. The lowest BCUT2D eigenvalue weighted by Gasteiger charge is -2.32. The van der Waals surface area contributed by atoms with Crippen LogP contribution < -0.4 is 11.1 Å². The second-order valence-corrected chi connectivity index (χ2v) is 6.41. The summed E-state index contributed by atoms with van der Waals surface area (Å²) in [4.78, 5) is 11.7. The van der Waals surface area contributed by atoms with E-state index in [-0.39, 0.29) is 5.97 Å². The van der Waals surface area contributed by atoms with Crippen LogP contribution in [0.4, 0.5) is 11.4 Å². The van der Waals surface area contributed by atoms with Crippen LogP contribution in [0.15, 0.2) is 18.2 Å². The van der Waals surface area contributed by atoms with E-state index in [9.17, 15) is 4.79 Å². The van der Waals surface area contributed by atoms with Crippen molar-refractivity contribution in [3.8, 4) is 0 Å². The minimum absolute atomic E-state index is 0.324. The monoisotopic (exact) mass is 308 g/mol. The molecule has 1 fully saturated rings. The largest absolute Gasteiger partial charge is 0.462 e. The van der Waals surface area contributed by atoms with E-state index in [1.807, 2.05) is 17.8 Å². The van der Waals surface area contributed by atoms with Crippen LogP contribution in [0.25, 0.3) is 0 Å². The van der Waals surface area contributed by atoms with Crippen molar-refractivity contribution in [2.24, 2.45) is 0 Å². The number of carbonyl (C=O) groups excluding carboxylic acids is 1. The lowest BCUT2D eigenvalue weighted by molar-refractivity contribution is 0.0526. The smallest absolute Gasteiger partial charge is 0.338 e. The lowest BCUT2D eigenvalue weighted by atomic mass is 9.94. The van der Waals surface area contributed by atoms with E-state index in [4.69, 9.17) is 10.5 Å². The van der Waals surface area contributed by atoms with Crippen LogP contribution in [-0.4, -0.2) is 30.1 Å². The van der Waals surface area contributed by atoms with Gasteiger partial charge in [-0.15, -0.1) is 0 Å². The Morgan fingerprint density at radius 1 is 1.43 bits per heavy atom. The number of benzene rings is 1. The van der Waals surface area contributed by atoms with E-state index in [1.165, 1.54) is 25.7 Å². The third kappa shape index (κ3) is 4.06. The van der Waals surface area contributed by atoms with Gasteiger partial charge in [-0.25, -0.2) is 4.79 Å². The highest BCUT2D eigenvalue weighted by Crippen LogP contribution is 2.31. The van der Waals surface area contributed by atoms with Gasteiger partial charge in [0, 0.05) is 11.3 Å². The fourth-order valence-electron chi connectivity index (χ4n) is 2.78. The highest BCUT2D eigenvalue weighted by atomic mass is 32.2. The van der Waals surface area contributed by atoms with Crippen molar-refractivity contribution in [1.82, 2.24) is 0 Å². The summed E-state index contributed by atoms with van der Waals surface area (Å²) in [5.74, 6) is -0.324. The van der Waals surface area contributed by atoms with Crippen LogP contribution >= 0.6 is 11.8 Å². The molecule has 1 aromatic carbocycles. The van der Waals surface area contributed by atoms with Crippen molar-refractivity contribution in [3.05, 3.63) is 23.8 Å². The van der Waals surface area contributed by atoms with Crippen LogP contribution in [0.2, 0.25) is 0 Å². The number of hydrogen-bond acceptors (Lipinski definition) is 5. The number of hydrogen-bond donors (Lipinski definition) is 2. The zero-order chi connectivity index (χ0) is 15.2. The molecule has 3 N–H and O–H groups in total. The van der Waals surface area contributed by atoms with Gasteiger partial charge in [-0.1, -0.05) is 12.8 Å². The van der Waals surface area contributed by atoms with Gasteiger partial charge in [0.05, 0.1) is 23.5 Å². The molecule has 21 heavy (non-hydrogen) atoms. The first-order chi connectivity index (χ1) is 10.2. The summed E-state index contributed by atoms with van der Waals surface area (Å²) in [6.07, 6.45) is 7.15. The van der Waals surface area contributed by atoms with Crippen molar-refractivity contribution >= 4 is 29.1 Å². The number of rotatable bonds is 5. The second kappa shape index (κ2) is 7.59. The standard InChI is InChI=1S/C16H24N2O2S/c1-3-20-16(19)11-8-9-13(12(17)10-11)18-14-6-4-5-7-15(14)21-2/h8-10,14-15,18H,3-7,17H2,1-2H3. The molecule has 1 saturated carbocycles. The Hall–Kier alpha value is -1.36. The predicted molar refractivity (Wildman–Crippen MR) is 90.0 cm³/mol. The Kier molecular flexibility index (Phi) is 5.79. The van der Waals surface area contributed by atoms with Gasteiger partial charge in [-0.05, 0) is 44.2 Å². The summed E-state index contributed by atoms with van der Waals surface area (Å²) in [6, 6.07) is 5.79. The molecule has 0 amide bonds. The number of thioether (sulfide) groups is 1. The van der Waals surface area contributed by atoms with Gasteiger partial charge in [0.25, 0.3) is 0 Å². The van der Waals surface area contributed by atoms with E-state index in [0.717, 1.165) is 5.69 Å². The molecule has 2 atom stereocenters. The molecule has 0 spiro atoms. The van der Waals surface area contributed by atoms with E-state index in [0.29, 0.717) is 29.1 Å². The molecule has 0 aromatic heterocycles. The fraction of sp³-hybridized carbons (Fsp3) is 0.562. The molecule has 4 nitrogen and oxygen atoms in total. The van der Waals surface area contributed by atoms with Gasteiger partial charge in [0.15, 0.2) is 0 Å². The van der Waals surface area contributed by atoms with Crippen molar-refractivity contribution in [1.29, 1.82) is 0 Å². The molecule has 5 heteroatoms. The van der Waals surface area contributed by atoms with Gasteiger partial charge < -0.3 is 15.8 Å². The summed E-state index contributed by atoms with van der Waals surface area (Å²) >= 11 is 1.92. The molecule has 116 valence electrons. The Labute approximate surface area is 130 Å². The number of ether oxygens (including phenoxy) is 1. The van der Waals surface area contributed by atoms with Crippen molar-refractivity contribution in [3.63, 3.8) is 0 Å². The number of nitrogens with two attached hydrogens (primary N) is 1. The fourth-order valence-corrected chi connectivity index (χ4v) is 3.71. The van der Waals surface area contributed by atoms with Gasteiger partial charge in [-0.3, -0.25) is 0 Å². The average molecular weight is 308 g/mol. The van der Waals surface area contributed by atoms with Crippen molar-refractivity contribution in [2.45, 2.75) is 43.9 Å². The molecule has 0 saturated heterocycles. The number of carbonyl (C=O) groups is 1. The van der Waals surface area contributed by atoms with Crippen molar-refractivity contribution in [2.75, 3.05) is 23.9 Å². The van der Waals surface area contributed by atoms with E-state index < -0.39 is 0 Å². The Balaban J connectivity index is 2.08. The molecular weight excluding hydrogens is 284 g/mol. The maximum absolute atomic E-state index is 11.7. The first-order valence-corrected chi connectivity index (χ1v) is 8.80. The third-order valence-electron chi connectivity index (χ3n) is 3.91. The number of anilines is 2. The number of esters is 1. The maximum Gasteiger partial charge on any atom is 0.338 e. The van der Waals surface area contributed by atoms with Gasteiger partial charge in [0.1, 0.15) is 0 Å². The van der Waals surface area contributed by atoms with Crippen molar-refractivity contribution < 1.29 is 9.53 Å². The van der Waals surface area contributed by atoms with Gasteiger partial charge in [-0.2, -0.15) is 11.8 Å². The first kappa shape index (κ1) is 16.0. The number of nitrogens with one attached hydrogen (secondary N) is 1. The summed E-state index contributed by atoms with van der Waals surface area (Å²) < 4.78 is 4.99. The Bertz CT molecular complexity index is 493. The number of nitrogen functional groups attached to an aromatic ring is 1. The third-order valence-corrected chi connectivity index (χ3v) is 5.08. The van der Waals surface area contributed by atoms with E-state index in [1.54, 1.807) is 19.1 Å². The molecule has 1 aromatic rings. The average Bonchev–Trinajstić information content (AvgIpc) is 2.50.